The average Bonchev–Trinajstić information content (AvgIpc) is 2.99. The van der Waals surface area contributed by atoms with Gasteiger partial charge in [-0.15, -0.1) is 13.2 Å². The van der Waals surface area contributed by atoms with Crippen molar-refractivity contribution in [2.45, 2.75) is 25.1 Å². The molecule has 0 amide bonds. The second kappa shape index (κ2) is 3.85. The Balaban J connectivity index is 2.27. The van der Waals surface area contributed by atoms with Gasteiger partial charge >= 0.3 is 6.36 Å². The molecule has 0 unspecified atom stereocenters. The third-order valence-electron chi connectivity index (χ3n) is 2.53. The molecule has 1 fully saturated rings. The van der Waals surface area contributed by atoms with Gasteiger partial charge in [-0.3, -0.25) is 0 Å². The summed E-state index contributed by atoms with van der Waals surface area (Å²) in [7, 11) is 0. The lowest BCUT2D eigenvalue weighted by Crippen LogP contribution is -2.17. The quantitative estimate of drug-likeness (QED) is 0.756. The number of halogens is 3. The van der Waals surface area contributed by atoms with Crippen molar-refractivity contribution in [3.8, 4) is 5.75 Å². The van der Waals surface area contributed by atoms with Crippen LogP contribution in [0.3, 0.4) is 0 Å². The van der Waals surface area contributed by atoms with E-state index in [0.717, 1.165) is 18.4 Å². The molecule has 4 heteroatoms. The summed E-state index contributed by atoms with van der Waals surface area (Å²) in [5.74, 6) is 0.311. The molecule has 1 saturated carbocycles. The minimum absolute atomic E-state index is 0.188. The van der Waals surface area contributed by atoms with Crippen LogP contribution in [-0.2, 0) is 0 Å². The van der Waals surface area contributed by atoms with Crippen LogP contribution >= 0.6 is 0 Å². The van der Waals surface area contributed by atoms with Crippen molar-refractivity contribution in [1.29, 1.82) is 0 Å². The highest BCUT2D eigenvalue weighted by molar-refractivity contribution is 5.57. The van der Waals surface area contributed by atoms with Gasteiger partial charge < -0.3 is 4.74 Å². The summed E-state index contributed by atoms with van der Waals surface area (Å²) in [6.07, 6.45) is -1.06. The normalized spacial score (nSPS) is 15.9. The third-order valence-corrected chi connectivity index (χ3v) is 2.53. The van der Waals surface area contributed by atoms with Gasteiger partial charge in [0, 0.05) is 5.56 Å². The van der Waals surface area contributed by atoms with Crippen molar-refractivity contribution in [1.82, 2.24) is 0 Å². The zero-order chi connectivity index (χ0) is 11.8. The Labute approximate surface area is 91.5 Å². The van der Waals surface area contributed by atoms with Crippen LogP contribution in [0, 0.1) is 0 Å². The van der Waals surface area contributed by atoms with E-state index in [1.54, 1.807) is 12.1 Å². The Bertz CT molecular complexity index is 405. The summed E-state index contributed by atoms with van der Waals surface area (Å²) >= 11 is 0. The van der Waals surface area contributed by atoms with Crippen LogP contribution in [0.2, 0.25) is 0 Å². The maximum Gasteiger partial charge on any atom is 0.573 e. The molecule has 0 saturated heterocycles. The van der Waals surface area contributed by atoms with E-state index in [4.69, 9.17) is 0 Å². The molecule has 86 valence electrons. The van der Waals surface area contributed by atoms with Crippen LogP contribution in [-0.4, -0.2) is 6.36 Å². The average molecular weight is 228 g/mol. The summed E-state index contributed by atoms with van der Waals surface area (Å²) in [5, 5.41) is 0. The molecule has 0 aliphatic heterocycles. The molecule has 16 heavy (non-hydrogen) atoms. The fraction of sp³-hybridized carbons (Fsp3) is 0.333. The number of alkyl halides is 3. The van der Waals surface area contributed by atoms with Crippen molar-refractivity contribution >= 4 is 6.08 Å². The van der Waals surface area contributed by atoms with Crippen molar-refractivity contribution < 1.29 is 17.9 Å². The lowest BCUT2D eigenvalue weighted by atomic mass is 10.1. The Hall–Kier alpha value is -1.45. The van der Waals surface area contributed by atoms with Crippen molar-refractivity contribution in [3.05, 3.63) is 35.9 Å². The number of hydrogen-bond donors (Lipinski definition) is 0. The number of ether oxygens (including phenoxy) is 1. The van der Waals surface area contributed by atoms with Gasteiger partial charge in [0.2, 0.25) is 0 Å². The monoisotopic (exact) mass is 228 g/mol. The molecule has 0 spiro atoms. The molecule has 0 bridgehead atoms. The van der Waals surface area contributed by atoms with Gasteiger partial charge in [-0.25, -0.2) is 0 Å². The Morgan fingerprint density at radius 1 is 1.31 bits per heavy atom. The van der Waals surface area contributed by atoms with Crippen LogP contribution in [0.4, 0.5) is 13.2 Å². The standard InChI is InChI=1S/C12H11F3O/c1-2-8-7-10(9-3-4-9)5-6-11(8)16-12(13,14)15/h2,5-7,9H,1,3-4H2. The van der Waals surface area contributed by atoms with E-state index in [1.807, 2.05) is 0 Å². The SMILES string of the molecule is C=Cc1cc(C2CC2)ccc1OC(F)(F)F. The van der Waals surface area contributed by atoms with Crippen molar-refractivity contribution in [2.24, 2.45) is 0 Å². The highest BCUT2D eigenvalue weighted by Gasteiger charge is 2.32. The van der Waals surface area contributed by atoms with Crippen LogP contribution in [0.15, 0.2) is 24.8 Å². The summed E-state index contributed by atoms with van der Waals surface area (Å²) in [6, 6.07) is 4.76. The van der Waals surface area contributed by atoms with Crippen molar-refractivity contribution in [2.75, 3.05) is 0 Å². The number of rotatable bonds is 3. The first kappa shape index (κ1) is 11.0. The molecule has 1 aromatic rings. The predicted molar refractivity (Wildman–Crippen MR) is 55.2 cm³/mol. The molecule has 1 aliphatic rings. The molecule has 1 aliphatic carbocycles. The summed E-state index contributed by atoms with van der Waals surface area (Å²) in [4.78, 5) is 0. The first-order valence-corrected chi connectivity index (χ1v) is 5.02. The minimum atomic E-state index is -4.65. The Morgan fingerprint density at radius 2 is 2.00 bits per heavy atom. The zero-order valence-electron chi connectivity index (χ0n) is 8.55. The van der Waals surface area contributed by atoms with E-state index in [9.17, 15) is 13.2 Å². The highest BCUT2D eigenvalue weighted by Crippen LogP contribution is 2.41. The molecular formula is C12H11F3O. The lowest BCUT2D eigenvalue weighted by molar-refractivity contribution is -0.274. The van der Waals surface area contributed by atoms with E-state index in [2.05, 4.69) is 11.3 Å². The molecule has 0 aromatic heterocycles. The zero-order valence-corrected chi connectivity index (χ0v) is 8.55. The second-order valence-corrected chi connectivity index (χ2v) is 3.82. The Kier molecular flexibility index (Phi) is 2.66. The largest absolute Gasteiger partial charge is 0.573 e. The predicted octanol–water partition coefficient (Wildman–Crippen LogP) is 4.11. The van der Waals surface area contributed by atoms with Crippen LogP contribution in [0.1, 0.15) is 29.9 Å². The Morgan fingerprint density at radius 3 is 2.50 bits per heavy atom. The fourth-order valence-corrected chi connectivity index (χ4v) is 1.61. The van der Waals surface area contributed by atoms with Crippen LogP contribution < -0.4 is 4.74 Å². The van der Waals surface area contributed by atoms with Gasteiger partial charge in [0.15, 0.2) is 0 Å². The van der Waals surface area contributed by atoms with Gasteiger partial charge in [-0.05, 0) is 36.5 Å². The number of benzene rings is 1. The van der Waals surface area contributed by atoms with Crippen molar-refractivity contribution in [3.63, 3.8) is 0 Å². The third kappa shape index (κ3) is 2.56. The first-order valence-electron chi connectivity index (χ1n) is 5.02. The van der Waals surface area contributed by atoms with E-state index in [0.29, 0.717) is 11.5 Å². The molecule has 0 atom stereocenters. The van der Waals surface area contributed by atoms with E-state index >= 15 is 0 Å². The molecular weight excluding hydrogens is 217 g/mol. The summed E-state index contributed by atoms with van der Waals surface area (Å²) in [5.41, 5.74) is 1.45. The number of hydrogen-bond acceptors (Lipinski definition) is 1. The van der Waals surface area contributed by atoms with Gasteiger partial charge in [-0.2, -0.15) is 0 Å². The first-order chi connectivity index (χ1) is 7.49. The smallest absolute Gasteiger partial charge is 0.405 e. The van der Waals surface area contributed by atoms with Crippen LogP contribution in [0.5, 0.6) is 5.75 Å². The van der Waals surface area contributed by atoms with E-state index in [1.165, 1.54) is 12.1 Å². The highest BCUT2D eigenvalue weighted by atomic mass is 19.4. The van der Waals surface area contributed by atoms with Gasteiger partial charge in [0.05, 0.1) is 0 Å². The molecule has 2 rings (SSSR count). The fourth-order valence-electron chi connectivity index (χ4n) is 1.61. The van der Waals surface area contributed by atoms with E-state index < -0.39 is 6.36 Å². The summed E-state index contributed by atoms with van der Waals surface area (Å²) in [6.45, 7) is 3.50. The molecule has 0 N–H and O–H groups in total. The minimum Gasteiger partial charge on any atom is -0.405 e. The molecule has 0 radical (unpaired) electrons. The van der Waals surface area contributed by atoms with E-state index in [-0.39, 0.29) is 5.75 Å². The van der Waals surface area contributed by atoms with Crippen LogP contribution in [0.25, 0.3) is 6.08 Å². The topological polar surface area (TPSA) is 9.23 Å². The van der Waals surface area contributed by atoms with Gasteiger partial charge in [-0.1, -0.05) is 18.7 Å². The maximum absolute atomic E-state index is 12.1. The maximum atomic E-state index is 12.1. The second-order valence-electron chi connectivity index (χ2n) is 3.82. The van der Waals surface area contributed by atoms with Gasteiger partial charge in [0.1, 0.15) is 5.75 Å². The molecule has 1 aromatic carbocycles. The van der Waals surface area contributed by atoms with Gasteiger partial charge in [0.25, 0.3) is 0 Å². The molecule has 1 nitrogen and oxygen atoms in total. The lowest BCUT2D eigenvalue weighted by Gasteiger charge is -2.12. The summed E-state index contributed by atoms with van der Waals surface area (Å²) < 4.78 is 40.1. The molecule has 0 heterocycles.